The Labute approximate surface area is 243 Å². The van der Waals surface area contributed by atoms with Crippen LogP contribution in [0.4, 0.5) is 16.4 Å². The number of amides is 1. The number of hydrogen-bond acceptors (Lipinski definition) is 10. The number of aliphatic hydroxyl groups is 1. The summed E-state index contributed by atoms with van der Waals surface area (Å²) in [6.45, 7) is 12.5. The van der Waals surface area contributed by atoms with Crippen molar-refractivity contribution in [3.63, 3.8) is 0 Å². The Morgan fingerprint density at radius 1 is 1.23 bits per heavy atom. The summed E-state index contributed by atoms with van der Waals surface area (Å²) in [6, 6.07) is 5.25. The zero-order valence-electron chi connectivity index (χ0n) is 23.2. The molecule has 10 nitrogen and oxygen atoms in total. The second kappa shape index (κ2) is 16.2. The predicted octanol–water partition coefficient (Wildman–Crippen LogP) is 5.88. The number of nitrogens with one attached hydrogen (secondary N) is 3. The standard InChI is InChI=1S/C23H28Cl2N6O2S.C2H6O.CH2O/c1-12(29-22(32)33-6)11-28-21-27-8-7-15(30-21)19-18(31-20(34-19)23(2,3)4)14-9-13(24)10-16(26-5)17(14)25;1-2-3;1-2/h7-10,12,26H,11H2,1-6H3,(H,29,32)(H,27,28,30);3H,2H2,1H3;1H2/t12-;;/m0../s1. The number of methoxy groups -OCH3 is 1. The van der Waals surface area contributed by atoms with Crippen LogP contribution in [0.25, 0.3) is 21.8 Å². The highest BCUT2D eigenvalue weighted by atomic mass is 35.5. The molecular formula is C26H36Cl2N6O4S. The molecule has 0 aliphatic rings. The zero-order chi connectivity index (χ0) is 29.8. The van der Waals surface area contributed by atoms with Gasteiger partial charge in [-0.1, -0.05) is 44.0 Å². The SMILES string of the molecule is C=O.CCO.CNc1cc(Cl)cc(-c2nc(C(C)(C)C)sc2-c2ccnc(NC[C@H](C)NC(=O)OC)n2)c1Cl. The molecule has 0 saturated heterocycles. The van der Waals surface area contributed by atoms with Gasteiger partial charge in [-0.3, -0.25) is 0 Å². The molecule has 39 heavy (non-hydrogen) atoms. The summed E-state index contributed by atoms with van der Waals surface area (Å²) in [5.41, 5.74) is 2.69. The van der Waals surface area contributed by atoms with Crippen molar-refractivity contribution in [2.45, 2.75) is 46.1 Å². The summed E-state index contributed by atoms with van der Waals surface area (Å²) in [5.74, 6) is 0.431. The molecule has 0 aliphatic heterocycles. The number of aliphatic hydroxyl groups excluding tert-OH is 1. The van der Waals surface area contributed by atoms with Gasteiger partial charge in [0.05, 0.1) is 39.1 Å². The van der Waals surface area contributed by atoms with Crippen LogP contribution in [0.2, 0.25) is 10.0 Å². The Kier molecular flexibility index (Phi) is 14.1. The number of anilines is 2. The normalized spacial score (nSPS) is 11.2. The first-order valence-corrected chi connectivity index (χ1v) is 13.5. The van der Waals surface area contributed by atoms with E-state index < -0.39 is 6.09 Å². The lowest BCUT2D eigenvalue weighted by Crippen LogP contribution is -2.37. The van der Waals surface area contributed by atoms with E-state index in [4.69, 9.17) is 43.1 Å². The smallest absolute Gasteiger partial charge is 0.407 e. The summed E-state index contributed by atoms with van der Waals surface area (Å²) in [7, 11) is 3.12. The third-order valence-electron chi connectivity index (χ3n) is 4.83. The van der Waals surface area contributed by atoms with E-state index in [1.54, 1.807) is 37.6 Å². The number of carbonyl (C=O) groups excluding carboxylic acids is 2. The van der Waals surface area contributed by atoms with Gasteiger partial charge in [-0.2, -0.15) is 0 Å². The Hall–Kier alpha value is -2.99. The van der Waals surface area contributed by atoms with Gasteiger partial charge in [0.2, 0.25) is 5.95 Å². The van der Waals surface area contributed by atoms with Crippen molar-refractivity contribution in [2.75, 3.05) is 37.9 Å². The Balaban J connectivity index is 0.00000142. The molecule has 1 aromatic carbocycles. The van der Waals surface area contributed by atoms with Gasteiger partial charge < -0.3 is 30.6 Å². The average Bonchev–Trinajstić information content (AvgIpc) is 3.36. The van der Waals surface area contributed by atoms with Crippen LogP contribution in [0.5, 0.6) is 0 Å². The molecule has 4 N–H and O–H groups in total. The van der Waals surface area contributed by atoms with Gasteiger partial charge in [0.1, 0.15) is 6.79 Å². The van der Waals surface area contributed by atoms with Gasteiger partial charge in [0.15, 0.2) is 0 Å². The van der Waals surface area contributed by atoms with Crippen LogP contribution in [-0.2, 0) is 14.9 Å². The lowest BCUT2D eigenvalue weighted by molar-refractivity contribution is -0.0980. The maximum atomic E-state index is 11.4. The van der Waals surface area contributed by atoms with Crippen LogP contribution in [-0.4, -0.2) is 66.3 Å². The molecule has 3 rings (SSSR count). The number of nitrogens with zero attached hydrogens (tertiary/aromatic N) is 3. The first-order valence-electron chi connectivity index (χ1n) is 11.9. The molecule has 13 heteroatoms. The number of carbonyl (C=O) groups is 2. The fraction of sp³-hybridized carbons (Fsp3) is 0.423. The third-order valence-corrected chi connectivity index (χ3v) is 6.96. The van der Waals surface area contributed by atoms with Gasteiger partial charge in [-0.25, -0.2) is 19.7 Å². The van der Waals surface area contributed by atoms with E-state index in [2.05, 4.69) is 46.4 Å². The van der Waals surface area contributed by atoms with Crippen molar-refractivity contribution in [3.05, 3.63) is 39.4 Å². The van der Waals surface area contributed by atoms with Crippen LogP contribution < -0.4 is 16.0 Å². The third kappa shape index (κ3) is 9.92. The fourth-order valence-corrected chi connectivity index (χ4v) is 4.68. The maximum absolute atomic E-state index is 11.4. The summed E-state index contributed by atoms with van der Waals surface area (Å²) < 4.78 is 4.63. The van der Waals surface area contributed by atoms with Crippen LogP contribution in [0.15, 0.2) is 24.4 Å². The second-order valence-electron chi connectivity index (χ2n) is 9.01. The van der Waals surface area contributed by atoms with Crippen molar-refractivity contribution in [1.29, 1.82) is 0 Å². The molecule has 0 bridgehead atoms. The maximum Gasteiger partial charge on any atom is 0.407 e. The van der Waals surface area contributed by atoms with Crippen LogP contribution in [0.1, 0.15) is 39.6 Å². The summed E-state index contributed by atoms with van der Waals surface area (Å²) in [5, 5.41) is 18.5. The second-order valence-corrected chi connectivity index (χ2v) is 10.8. The van der Waals surface area contributed by atoms with Gasteiger partial charge in [-0.05, 0) is 32.0 Å². The topological polar surface area (TPSA) is 138 Å². The predicted molar refractivity (Wildman–Crippen MR) is 160 cm³/mol. The van der Waals surface area contributed by atoms with Gasteiger partial charge in [0.25, 0.3) is 0 Å². The van der Waals surface area contributed by atoms with E-state index in [1.807, 2.05) is 25.8 Å². The van der Waals surface area contributed by atoms with E-state index in [1.165, 1.54) is 7.11 Å². The summed E-state index contributed by atoms with van der Waals surface area (Å²) >= 11 is 14.7. The minimum absolute atomic E-state index is 0.169. The fourth-order valence-electron chi connectivity index (χ4n) is 3.07. The number of benzene rings is 1. The molecule has 214 valence electrons. The molecule has 0 unspecified atom stereocenters. The van der Waals surface area contributed by atoms with Crippen LogP contribution in [0.3, 0.4) is 0 Å². The van der Waals surface area contributed by atoms with Crippen LogP contribution >= 0.6 is 34.5 Å². The van der Waals surface area contributed by atoms with Gasteiger partial charge in [0, 0.05) is 48.4 Å². The van der Waals surface area contributed by atoms with Crippen molar-refractivity contribution in [2.24, 2.45) is 0 Å². The lowest BCUT2D eigenvalue weighted by Gasteiger charge is -2.14. The van der Waals surface area contributed by atoms with E-state index >= 15 is 0 Å². The molecule has 3 aromatic rings. The minimum atomic E-state index is -0.493. The number of rotatable bonds is 7. The lowest BCUT2D eigenvalue weighted by atomic mass is 9.98. The number of halogens is 2. The molecule has 2 aromatic heterocycles. The molecule has 0 fully saturated rings. The molecule has 0 aliphatic carbocycles. The van der Waals surface area contributed by atoms with Crippen molar-refractivity contribution in [3.8, 4) is 21.8 Å². The summed E-state index contributed by atoms with van der Waals surface area (Å²) in [6.07, 6.45) is 1.19. The number of hydrogen-bond donors (Lipinski definition) is 4. The van der Waals surface area contributed by atoms with Gasteiger partial charge in [-0.15, -0.1) is 11.3 Å². The largest absolute Gasteiger partial charge is 0.453 e. The average molecular weight is 600 g/mol. The van der Waals surface area contributed by atoms with Crippen molar-refractivity contribution in [1.82, 2.24) is 20.3 Å². The monoisotopic (exact) mass is 598 g/mol. The zero-order valence-corrected chi connectivity index (χ0v) is 25.5. The number of alkyl carbamates (subject to hydrolysis) is 1. The van der Waals surface area contributed by atoms with Crippen molar-refractivity contribution < 1.29 is 19.4 Å². The summed E-state index contributed by atoms with van der Waals surface area (Å²) in [4.78, 5) is 34.2. The van der Waals surface area contributed by atoms with E-state index in [0.717, 1.165) is 21.1 Å². The number of thiazole rings is 1. The molecular weight excluding hydrogens is 563 g/mol. The Morgan fingerprint density at radius 3 is 2.44 bits per heavy atom. The van der Waals surface area contributed by atoms with E-state index in [-0.39, 0.29) is 18.1 Å². The first-order chi connectivity index (χ1) is 18.4. The molecule has 2 heterocycles. The Morgan fingerprint density at radius 2 is 1.87 bits per heavy atom. The Bertz CT molecular complexity index is 1220. The quantitative estimate of drug-likeness (QED) is 0.262. The minimum Gasteiger partial charge on any atom is -0.453 e. The van der Waals surface area contributed by atoms with E-state index in [0.29, 0.717) is 33.9 Å². The molecule has 0 saturated carbocycles. The highest BCUT2D eigenvalue weighted by Crippen LogP contribution is 2.44. The molecule has 0 radical (unpaired) electrons. The number of ether oxygens (including phenoxy) is 1. The van der Waals surface area contributed by atoms with Crippen LogP contribution in [0, 0.1) is 0 Å². The highest BCUT2D eigenvalue weighted by Gasteiger charge is 2.26. The molecule has 0 spiro atoms. The first kappa shape index (κ1) is 34.0. The van der Waals surface area contributed by atoms with Crippen molar-refractivity contribution >= 4 is 59.1 Å². The van der Waals surface area contributed by atoms with E-state index in [9.17, 15) is 4.79 Å². The highest BCUT2D eigenvalue weighted by molar-refractivity contribution is 7.15. The number of aromatic nitrogens is 3. The molecule has 1 atom stereocenters. The molecule has 1 amide bonds. The van der Waals surface area contributed by atoms with Gasteiger partial charge >= 0.3 is 6.09 Å².